The van der Waals surface area contributed by atoms with Gasteiger partial charge >= 0.3 is 0 Å². The number of benzene rings is 3. The number of hydrogen-bond acceptors (Lipinski definition) is 3. The minimum atomic E-state index is -0.932. The number of halogens is 2. The first kappa shape index (κ1) is 20.9. The molecule has 5 nitrogen and oxygen atoms in total. The van der Waals surface area contributed by atoms with Crippen molar-refractivity contribution in [2.75, 3.05) is 35.3 Å². The number of para-hydroxylation sites is 1. The average Bonchev–Trinajstić information content (AvgIpc) is 2.76. The molecule has 1 heterocycles. The third-order valence-corrected chi connectivity index (χ3v) is 5.55. The number of hydrogen-bond donors (Lipinski definition) is 0. The predicted molar refractivity (Wildman–Crippen MR) is 121 cm³/mol. The van der Waals surface area contributed by atoms with Gasteiger partial charge < -0.3 is 4.90 Å². The Kier molecular flexibility index (Phi) is 5.65. The second-order valence-corrected chi connectivity index (χ2v) is 7.94. The Morgan fingerprint density at radius 1 is 0.935 bits per heavy atom. The summed E-state index contributed by atoms with van der Waals surface area (Å²) < 4.78 is 14.5. The molecule has 2 amide bonds. The molecule has 3 aromatic carbocycles. The van der Waals surface area contributed by atoms with E-state index in [1.165, 1.54) is 21.9 Å². The highest BCUT2D eigenvalue weighted by Gasteiger charge is 2.42. The third-order valence-electron chi connectivity index (χ3n) is 5.29. The Balaban J connectivity index is 1.81. The van der Waals surface area contributed by atoms with Gasteiger partial charge in [-0.25, -0.2) is 4.39 Å². The van der Waals surface area contributed by atoms with Crippen LogP contribution in [0.4, 0.5) is 21.5 Å². The fraction of sp³-hybridized carbons (Fsp3) is 0.167. The Labute approximate surface area is 185 Å². The summed E-state index contributed by atoms with van der Waals surface area (Å²) in [6.45, 7) is -0.255. The first-order valence-corrected chi connectivity index (χ1v) is 10.2. The van der Waals surface area contributed by atoms with Crippen molar-refractivity contribution in [1.82, 2.24) is 0 Å². The highest BCUT2D eigenvalue weighted by Crippen LogP contribution is 2.36. The molecule has 4 rings (SSSR count). The molecule has 3 aromatic rings. The van der Waals surface area contributed by atoms with E-state index in [1.807, 2.05) is 43.3 Å². The van der Waals surface area contributed by atoms with Crippen LogP contribution in [0.2, 0.25) is 5.02 Å². The zero-order valence-electron chi connectivity index (χ0n) is 17.1. The lowest BCUT2D eigenvalue weighted by molar-refractivity contribution is -0.128. The number of anilines is 3. The van der Waals surface area contributed by atoms with Gasteiger partial charge in [-0.2, -0.15) is 0 Å². The zero-order valence-corrected chi connectivity index (χ0v) is 17.9. The fourth-order valence-electron chi connectivity index (χ4n) is 3.71. The summed E-state index contributed by atoms with van der Waals surface area (Å²) >= 11 is 6.01. The summed E-state index contributed by atoms with van der Waals surface area (Å²) in [5.41, 5.74) is 2.24. The molecule has 0 bridgehead atoms. The van der Waals surface area contributed by atoms with Crippen LogP contribution in [0.25, 0.3) is 0 Å². The summed E-state index contributed by atoms with van der Waals surface area (Å²) in [5, 5.41) is 0.527. The number of piperazine rings is 1. The van der Waals surface area contributed by atoms with Crippen LogP contribution in [0.5, 0.6) is 0 Å². The number of rotatable bonds is 4. The summed E-state index contributed by atoms with van der Waals surface area (Å²) in [6.07, 6.45) is 0. The van der Waals surface area contributed by atoms with Crippen molar-refractivity contribution < 1.29 is 14.0 Å². The van der Waals surface area contributed by atoms with Gasteiger partial charge in [-0.1, -0.05) is 35.9 Å². The van der Waals surface area contributed by atoms with Crippen molar-refractivity contribution in [3.8, 4) is 0 Å². The van der Waals surface area contributed by atoms with Crippen LogP contribution in [-0.2, 0) is 9.59 Å². The van der Waals surface area contributed by atoms with Gasteiger partial charge in [0.2, 0.25) is 5.91 Å². The molecule has 7 heteroatoms. The van der Waals surface area contributed by atoms with Gasteiger partial charge in [-0.3, -0.25) is 19.4 Å². The highest BCUT2D eigenvalue weighted by molar-refractivity contribution is 6.30. The molecular weight excluding hydrogens is 417 g/mol. The van der Waals surface area contributed by atoms with E-state index in [0.29, 0.717) is 16.3 Å². The predicted octanol–water partition coefficient (Wildman–Crippen LogP) is 4.67. The molecule has 1 atom stereocenters. The Morgan fingerprint density at radius 2 is 1.58 bits per heavy atom. The van der Waals surface area contributed by atoms with E-state index in [9.17, 15) is 14.0 Å². The summed E-state index contributed by atoms with van der Waals surface area (Å²) in [6, 6.07) is 19.2. The van der Waals surface area contributed by atoms with Crippen LogP contribution in [0.1, 0.15) is 11.6 Å². The molecule has 1 saturated heterocycles. The zero-order chi connectivity index (χ0) is 22.1. The molecule has 0 saturated carbocycles. The highest BCUT2D eigenvalue weighted by atomic mass is 35.5. The Bertz CT molecular complexity index is 1120. The maximum atomic E-state index is 14.5. The van der Waals surface area contributed by atoms with E-state index >= 15 is 0 Å². The van der Waals surface area contributed by atoms with E-state index in [2.05, 4.69) is 0 Å². The van der Waals surface area contributed by atoms with Crippen molar-refractivity contribution in [3.05, 3.63) is 89.2 Å². The fourth-order valence-corrected chi connectivity index (χ4v) is 3.83. The maximum absolute atomic E-state index is 14.5. The lowest BCUT2D eigenvalue weighted by Crippen LogP contribution is -2.56. The Hall–Kier alpha value is -3.38. The average molecular weight is 438 g/mol. The van der Waals surface area contributed by atoms with E-state index in [-0.39, 0.29) is 24.0 Å². The van der Waals surface area contributed by atoms with Crippen molar-refractivity contribution >= 4 is 40.5 Å². The normalized spacial score (nSPS) is 16.6. The van der Waals surface area contributed by atoms with E-state index in [1.54, 1.807) is 36.4 Å². The summed E-state index contributed by atoms with van der Waals surface area (Å²) in [4.78, 5) is 31.5. The van der Waals surface area contributed by atoms with Gasteiger partial charge in [-0.15, -0.1) is 0 Å². The monoisotopic (exact) mass is 437 g/mol. The van der Waals surface area contributed by atoms with Crippen molar-refractivity contribution in [1.29, 1.82) is 0 Å². The van der Waals surface area contributed by atoms with E-state index in [0.717, 1.165) is 5.69 Å². The second-order valence-electron chi connectivity index (χ2n) is 7.50. The number of carbonyl (C=O) groups excluding carboxylic acids is 2. The van der Waals surface area contributed by atoms with Crippen LogP contribution in [0, 0.1) is 5.82 Å². The number of carbonyl (C=O) groups is 2. The van der Waals surface area contributed by atoms with Gasteiger partial charge in [0.05, 0.1) is 5.69 Å². The number of amides is 2. The lowest BCUT2D eigenvalue weighted by Gasteiger charge is -2.40. The first-order valence-electron chi connectivity index (χ1n) is 9.77. The van der Waals surface area contributed by atoms with Crippen LogP contribution in [0.15, 0.2) is 72.8 Å². The van der Waals surface area contributed by atoms with Crippen molar-refractivity contribution in [2.24, 2.45) is 0 Å². The SMILES string of the molecule is CN(C)c1ccc([C@@H]2C(=O)N(c3ccccc3F)CC(=O)N2c2ccc(Cl)cc2)cc1. The molecule has 0 N–H and O–H groups in total. The van der Waals surface area contributed by atoms with Crippen LogP contribution in [-0.4, -0.2) is 32.5 Å². The standard InChI is InChI=1S/C24H21ClFN3O2/c1-27(2)18-11-7-16(8-12-18)23-24(31)28(21-6-4-3-5-20(21)26)15-22(30)29(23)19-13-9-17(25)10-14-19/h3-14,23H,15H2,1-2H3/t23-/m1/s1. The van der Waals surface area contributed by atoms with Gasteiger partial charge in [0, 0.05) is 30.5 Å². The molecule has 0 aromatic heterocycles. The summed E-state index contributed by atoms with van der Waals surface area (Å²) in [7, 11) is 3.84. The molecule has 0 unspecified atom stereocenters. The topological polar surface area (TPSA) is 43.9 Å². The van der Waals surface area contributed by atoms with Crippen molar-refractivity contribution in [3.63, 3.8) is 0 Å². The van der Waals surface area contributed by atoms with Crippen molar-refractivity contribution in [2.45, 2.75) is 6.04 Å². The second kappa shape index (κ2) is 8.40. The van der Waals surface area contributed by atoms with Crippen LogP contribution >= 0.6 is 11.6 Å². The molecule has 1 aliphatic rings. The molecule has 0 radical (unpaired) electrons. The van der Waals surface area contributed by atoms with Gasteiger partial charge in [0.1, 0.15) is 18.4 Å². The van der Waals surface area contributed by atoms with E-state index < -0.39 is 11.9 Å². The third kappa shape index (κ3) is 3.99. The largest absolute Gasteiger partial charge is 0.378 e. The molecule has 0 aliphatic carbocycles. The van der Waals surface area contributed by atoms with Crippen LogP contribution in [0.3, 0.4) is 0 Å². The number of nitrogens with zero attached hydrogens (tertiary/aromatic N) is 3. The minimum absolute atomic E-state index is 0.0894. The van der Waals surface area contributed by atoms with E-state index in [4.69, 9.17) is 11.6 Å². The molecule has 31 heavy (non-hydrogen) atoms. The molecule has 1 fully saturated rings. The van der Waals surface area contributed by atoms with Crippen LogP contribution < -0.4 is 14.7 Å². The first-order chi connectivity index (χ1) is 14.9. The maximum Gasteiger partial charge on any atom is 0.255 e. The van der Waals surface area contributed by atoms with Gasteiger partial charge in [0.25, 0.3) is 5.91 Å². The molecular formula is C24H21ClFN3O2. The smallest absolute Gasteiger partial charge is 0.255 e. The molecule has 1 aliphatic heterocycles. The van der Waals surface area contributed by atoms with Gasteiger partial charge in [0.15, 0.2) is 0 Å². The molecule has 0 spiro atoms. The molecule has 158 valence electrons. The minimum Gasteiger partial charge on any atom is -0.378 e. The quantitative estimate of drug-likeness (QED) is 0.596. The lowest BCUT2D eigenvalue weighted by atomic mass is 9.99. The van der Waals surface area contributed by atoms with Gasteiger partial charge in [-0.05, 0) is 54.1 Å². The Morgan fingerprint density at radius 3 is 2.19 bits per heavy atom. The summed E-state index contributed by atoms with van der Waals surface area (Å²) in [5.74, 6) is -1.24.